The largest absolute Gasteiger partial charge is 0.462 e. The Morgan fingerprint density at radius 1 is 0.219 bits per heavy atom. The van der Waals surface area contributed by atoms with E-state index in [4.69, 9.17) is 14.2 Å². The van der Waals surface area contributed by atoms with E-state index in [-0.39, 0.29) is 31.1 Å². The van der Waals surface area contributed by atoms with Crippen LogP contribution in [0.15, 0.2) is 0 Å². The predicted octanol–water partition coefficient (Wildman–Crippen LogP) is 22.7. The second kappa shape index (κ2) is 62.9. The van der Waals surface area contributed by atoms with Crippen LogP contribution in [0.1, 0.15) is 393 Å². The normalized spacial score (nSPS) is 11.9. The molecule has 434 valence electrons. The van der Waals surface area contributed by atoms with Crippen molar-refractivity contribution in [3.8, 4) is 0 Å². The molecular weight excluding hydrogens is 901 g/mol. The van der Waals surface area contributed by atoms with Crippen LogP contribution >= 0.6 is 0 Å². The fraction of sp³-hybridized carbons (Fsp3) is 0.955. The summed E-state index contributed by atoms with van der Waals surface area (Å²) in [7, 11) is 0. The number of rotatable bonds is 63. The van der Waals surface area contributed by atoms with Crippen LogP contribution in [-0.2, 0) is 28.6 Å². The number of unbranched alkanes of at least 4 members (excludes halogenated alkanes) is 52. The second-order valence-corrected chi connectivity index (χ2v) is 23.1. The molecule has 0 aliphatic carbocycles. The SMILES string of the molecule is CCCCCCCCCCCCCCCCCCCCCCCCCCCCCCCCC(=O)OCC(COC(=O)CCCCCCCCCCCCC)OC(=O)CCCCCCCCCCCCCCCC. The summed E-state index contributed by atoms with van der Waals surface area (Å²) in [6.07, 6.45) is 72.8. The smallest absolute Gasteiger partial charge is 0.306 e. The monoisotopic (exact) mass is 1030 g/mol. The Balaban J connectivity index is 4.04. The topological polar surface area (TPSA) is 78.9 Å². The first kappa shape index (κ1) is 71.4. The number of ether oxygens (including phenoxy) is 3. The molecule has 0 saturated heterocycles. The highest BCUT2D eigenvalue weighted by Gasteiger charge is 2.19. The Morgan fingerprint density at radius 2 is 0.370 bits per heavy atom. The number of carbonyl (C=O) groups excluding carboxylic acids is 3. The molecule has 0 amide bonds. The highest BCUT2D eigenvalue weighted by Crippen LogP contribution is 2.19. The average molecular weight is 1030 g/mol. The summed E-state index contributed by atoms with van der Waals surface area (Å²) in [5.41, 5.74) is 0. The van der Waals surface area contributed by atoms with Gasteiger partial charge in [0, 0.05) is 19.3 Å². The fourth-order valence-electron chi connectivity index (χ4n) is 10.6. The minimum Gasteiger partial charge on any atom is -0.462 e. The van der Waals surface area contributed by atoms with Gasteiger partial charge < -0.3 is 14.2 Å². The molecule has 6 heteroatoms. The van der Waals surface area contributed by atoms with Gasteiger partial charge in [-0.2, -0.15) is 0 Å². The lowest BCUT2D eigenvalue weighted by molar-refractivity contribution is -0.167. The van der Waals surface area contributed by atoms with Crippen molar-refractivity contribution in [2.45, 2.75) is 399 Å². The molecule has 0 heterocycles. The molecule has 0 spiro atoms. The third-order valence-corrected chi connectivity index (χ3v) is 15.6. The van der Waals surface area contributed by atoms with E-state index in [1.165, 1.54) is 295 Å². The van der Waals surface area contributed by atoms with Crippen molar-refractivity contribution < 1.29 is 28.6 Å². The van der Waals surface area contributed by atoms with Gasteiger partial charge in [0.05, 0.1) is 0 Å². The Hall–Kier alpha value is -1.59. The zero-order valence-corrected chi connectivity index (χ0v) is 50.0. The van der Waals surface area contributed by atoms with Crippen LogP contribution in [0.4, 0.5) is 0 Å². The number of carbonyl (C=O) groups is 3. The Kier molecular flexibility index (Phi) is 61.6. The molecule has 0 radical (unpaired) electrons. The molecule has 0 rings (SSSR count). The van der Waals surface area contributed by atoms with Crippen LogP contribution in [0.3, 0.4) is 0 Å². The van der Waals surface area contributed by atoms with Gasteiger partial charge >= 0.3 is 17.9 Å². The summed E-state index contributed by atoms with van der Waals surface area (Å²) < 4.78 is 16.9. The minimum atomic E-state index is -0.761. The standard InChI is InChI=1S/C67H130O6/c1-4-7-10-13-16-19-22-24-26-27-28-29-30-31-32-33-34-35-36-37-38-39-40-41-43-45-48-51-54-57-60-66(69)72-63-64(62-71-65(68)59-56-53-50-47-44-21-18-15-12-9-6-3)73-67(70)61-58-55-52-49-46-42-25-23-20-17-14-11-8-5-2/h64H,4-63H2,1-3H3. The van der Waals surface area contributed by atoms with E-state index in [0.717, 1.165) is 57.8 Å². The highest BCUT2D eigenvalue weighted by molar-refractivity contribution is 5.71. The lowest BCUT2D eigenvalue weighted by Gasteiger charge is -2.18. The summed E-state index contributed by atoms with van der Waals surface area (Å²) in [5.74, 6) is -0.829. The second-order valence-electron chi connectivity index (χ2n) is 23.1. The zero-order chi connectivity index (χ0) is 52.9. The summed E-state index contributed by atoms with van der Waals surface area (Å²) >= 11 is 0. The Labute approximate surface area is 457 Å². The van der Waals surface area contributed by atoms with E-state index in [9.17, 15) is 14.4 Å². The molecule has 0 aliphatic heterocycles. The summed E-state index contributed by atoms with van der Waals surface area (Å²) in [6, 6.07) is 0. The van der Waals surface area contributed by atoms with Gasteiger partial charge in [-0.05, 0) is 19.3 Å². The Bertz CT molecular complexity index is 1090. The first-order valence-corrected chi connectivity index (χ1v) is 33.5. The molecular formula is C67H130O6. The third-order valence-electron chi connectivity index (χ3n) is 15.6. The summed E-state index contributed by atoms with van der Waals surface area (Å²) in [6.45, 7) is 6.71. The van der Waals surface area contributed by atoms with E-state index in [0.29, 0.717) is 19.3 Å². The molecule has 0 aromatic heterocycles. The van der Waals surface area contributed by atoms with Crippen molar-refractivity contribution in [3.05, 3.63) is 0 Å². The fourth-order valence-corrected chi connectivity index (χ4v) is 10.6. The first-order valence-electron chi connectivity index (χ1n) is 33.5. The van der Waals surface area contributed by atoms with Crippen LogP contribution in [0.5, 0.6) is 0 Å². The predicted molar refractivity (Wildman–Crippen MR) is 317 cm³/mol. The van der Waals surface area contributed by atoms with Crippen LogP contribution in [0, 0.1) is 0 Å². The molecule has 1 atom stereocenters. The molecule has 1 unspecified atom stereocenters. The van der Waals surface area contributed by atoms with Gasteiger partial charge in [0.2, 0.25) is 0 Å². The maximum absolute atomic E-state index is 12.9. The van der Waals surface area contributed by atoms with Crippen molar-refractivity contribution in [3.63, 3.8) is 0 Å². The molecule has 0 aromatic carbocycles. The van der Waals surface area contributed by atoms with E-state index in [2.05, 4.69) is 20.8 Å². The van der Waals surface area contributed by atoms with Crippen LogP contribution in [0.25, 0.3) is 0 Å². The summed E-state index contributed by atoms with van der Waals surface area (Å²) in [4.78, 5) is 38.2. The van der Waals surface area contributed by atoms with Gasteiger partial charge in [0.15, 0.2) is 6.10 Å². The molecule has 0 aromatic rings. The minimum absolute atomic E-state index is 0.0609. The molecule has 0 N–H and O–H groups in total. The average Bonchev–Trinajstić information content (AvgIpc) is 3.39. The van der Waals surface area contributed by atoms with Gasteiger partial charge in [-0.15, -0.1) is 0 Å². The van der Waals surface area contributed by atoms with Crippen molar-refractivity contribution in [2.75, 3.05) is 13.2 Å². The molecule has 0 saturated carbocycles. The maximum Gasteiger partial charge on any atom is 0.306 e. The van der Waals surface area contributed by atoms with Crippen molar-refractivity contribution in [2.24, 2.45) is 0 Å². The number of hydrogen-bond donors (Lipinski definition) is 0. The van der Waals surface area contributed by atoms with Gasteiger partial charge in [-0.1, -0.05) is 355 Å². The zero-order valence-electron chi connectivity index (χ0n) is 50.0. The number of esters is 3. The van der Waals surface area contributed by atoms with E-state index < -0.39 is 6.10 Å². The summed E-state index contributed by atoms with van der Waals surface area (Å²) in [5, 5.41) is 0. The van der Waals surface area contributed by atoms with Crippen molar-refractivity contribution >= 4 is 17.9 Å². The van der Waals surface area contributed by atoms with Crippen molar-refractivity contribution in [1.29, 1.82) is 0 Å². The van der Waals surface area contributed by atoms with Crippen LogP contribution in [-0.4, -0.2) is 37.2 Å². The third kappa shape index (κ3) is 61.1. The Morgan fingerprint density at radius 3 is 0.548 bits per heavy atom. The maximum atomic E-state index is 12.9. The van der Waals surface area contributed by atoms with Gasteiger partial charge in [0.25, 0.3) is 0 Å². The molecule has 0 aliphatic rings. The number of hydrogen-bond acceptors (Lipinski definition) is 6. The van der Waals surface area contributed by atoms with Crippen LogP contribution < -0.4 is 0 Å². The van der Waals surface area contributed by atoms with Crippen molar-refractivity contribution in [1.82, 2.24) is 0 Å². The molecule has 6 nitrogen and oxygen atoms in total. The lowest BCUT2D eigenvalue weighted by atomic mass is 10.0. The van der Waals surface area contributed by atoms with Crippen LogP contribution in [0.2, 0.25) is 0 Å². The van der Waals surface area contributed by atoms with Gasteiger partial charge in [0.1, 0.15) is 13.2 Å². The van der Waals surface area contributed by atoms with Gasteiger partial charge in [-0.3, -0.25) is 14.4 Å². The quantitative estimate of drug-likeness (QED) is 0.0343. The van der Waals surface area contributed by atoms with E-state index >= 15 is 0 Å². The molecule has 0 bridgehead atoms. The molecule has 0 fully saturated rings. The first-order chi connectivity index (χ1) is 36.0. The van der Waals surface area contributed by atoms with Gasteiger partial charge in [-0.25, -0.2) is 0 Å². The lowest BCUT2D eigenvalue weighted by Crippen LogP contribution is -2.30. The molecule has 73 heavy (non-hydrogen) atoms. The van der Waals surface area contributed by atoms with E-state index in [1.54, 1.807) is 0 Å². The highest BCUT2D eigenvalue weighted by atomic mass is 16.6. The van der Waals surface area contributed by atoms with E-state index in [1.807, 2.05) is 0 Å².